The molecule has 19 heavy (non-hydrogen) atoms. The number of urea groups is 1. The molecule has 1 aliphatic heterocycles. The lowest BCUT2D eigenvalue weighted by atomic mass is 9.99. The number of carbonyl (C=O) groups is 2. The van der Waals surface area contributed by atoms with Crippen LogP contribution >= 0.6 is 0 Å². The third-order valence-electron chi connectivity index (χ3n) is 3.62. The van der Waals surface area contributed by atoms with Crippen LogP contribution in [0.15, 0.2) is 36.9 Å². The molecule has 6 nitrogen and oxygen atoms in total. The summed E-state index contributed by atoms with van der Waals surface area (Å²) in [4.78, 5) is 25.1. The molecule has 0 unspecified atom stereocenters. The van der Waals surface area contributed by atoms with E-state index in [0.29, 0.717) is 0 Å². The summed E-state index contributed by atoms with van der Waals surface area (Å²) >= 11 is 0. The van der Waals surface area contributed by atoms with Gasteiger partial charge < -0.3 is 10.2 Å². The first-order valence-corrected chi connectivity index (χ1v) is 5.76. The van der Waals surface area contributed by atoms with Gasteiger partial charge in [-0.3, -0.25) is 15.0 Å². The minimum atomic E-state index is -2.35. The van der Waals surface area contributed by atoms with Crippen molar-refractivity contribution in [2.75, 3.05) is 6.54 Å². The molecular weight excluding hydrogens is 248 g/mol. The molecule has 98 valence electrons. The van der Waals surface area contributed by atoms with Gasteiger partial charge in [-0.2, -0.15) is 0 Å². The number of benzene rings is 1. The Hall–Kier alpha value is -2.18. The molecule has 1 aromatic carbocycles. The van der Waals surface area contributed by atoms with Gasteiger partial charge in [0.1, 0.15) is 0 Å². The molecule has 3 N–H and O–H groups in total. The lowest BCUT2D eigenvalue weighted by molar-refractivity contribution is -0.171. The largest absolute Gasteiger partial charge is 0.362 e. The summed E-state index contributed by atoms with van der Waals surface area (Å²) in [5.74, 6) is -0.717. The van der Waals surface area contributed by atoms with Crippen LogP contribution in [0.5, 0.6) is 0 Å². The minimum absolute atomic E-state index is 0.00621. The van der Waals surface area contributed by atoms with E-state index < -0.39 is 23.3 Å². The molecule has 0 spiro atoms. The van der Waals surface area contributed by atoms with Crippen LogP contribution in [-0.2, 0) is 5.72 Å². The molecule has 0 aromatic heterocycles. The van der Waals surface area contributed by atoms with E-state index in [-0.39, 0.29) is 17.7 Å². The van der Waals surface area contributed by atoms with Gasteiger partial charge in [-0.15, -0.1) is 6.58 Å². The van der Waals surface area contributed by atoms with Gasteiger partial charge in [0.2, 0.25) is 11.5 Å². The van der Waals surface area contributed by atoms with Crippen LogP contribution in [0.25, 0.3) is 0 Å². The molecular formula is C13H12N2O4. The fourth-order valence-electron chi connectivity index (χ4n) is 2.73. The summed E-state index contributed by atoms with van der Waals surface area (Å²) < 4.78 is 0. The topological polar surface area (TPSA) is 89.9 Å². The van der Waals surface area contributed by atoms with Crippen molar-refractivity contribution in [1.29, 1.82) is 0 Å². The predicted octanol–water partition coefficient (Wildman–Crippen LogP) is -0.0722. The third kappa shape index (κ3) is 1.13. The molecule has 1 saturated heterocycles. The number of amides is 2. The molecule has 1 fully saturated rings. The number of rotatable bonds is 2. The van der Waals surface area contributed by atoms with Gasteiger partial charge in [-0.1, -0.05) is 30.3 Å². The van der Waals surface area contributed by atoms with Crippen molar-refractivity contribution in [3.63, 3.8) is 0 Å². The first-order valence-electron chi connectivity index (χ1n) is 5.76. The number of Topliss-reactive ketones (excluding diaryl/α,β-unsaturated/α-hetero) is 1. The van der Waals surface area contributed by atoms with E-state index in [0.717, 1.165) is 4.90 Å². The third-order valence-corrected chi connectivity index (χ3v) is 3.62. The van der Waals surface area contributed by atoms with Crippen LogP contribution in [0, 0.1) is 0 Å². The molecule has 6 heteroatoms. The maximum atomic E-state index is 12.2. The van der Waals surface area contributed by atoms with Crippen molar-refractivity contribution in [3.05, 3.63) is 48.0 Å². The Morgan fingerprint density at radius 1 is 1.32 bits per heavy atom. The van der Waals surface area contributed by atoms with Crippen molar-refractivity contribution in [2.45, 2.75) is 11.4 Å². The summed E-state index contributed by atoms with van der Waals surface area (Å²) in [6, 6.07) is 5.56. The van der Waals surface area contributed by atoms with Gasteiger partial charge in [0.05, 0.1) is 0 Å². The zero-order valence-corrected chi connectivity index (χ0v) is 9.96. The summed E-state index contributed by atoms with van der Waals surface area (Å²) in [7, 11) is 0. The SMILES string of the molecule is C=CCN1C(=O)N[C@]2(O)C(=O)c3ccccc3[C@@]12O. The number of hydrogen-bond donors (Lipinski definition) is 3. The van der Waals surface area contributed by atoms with E-state index in [4.69, 9.17) is 0 Å². The van der Waals surface area contributed by atoms with Crippen molar-refractivity contribution in [1.82, 2.24) is 10.2 Å². The Bertz CT molecular complexity index is 614. The number of fused-ring (bicyclic) bond motifs is 3. The number of hydrogen-bond acceptors (Lipinski definition) is 4. The molecule has 1 heterocycles. The van der Waals surface area contributed by atoms with Crippen LogP contribution in [0.4, 0.5) is 4.79 Å². The molecule has 3 rings (SSSR count). The number of nitrogens with one attached hydrogen (secondary N) is 1. The van der Waals surface area contributed by atoms with Crippen LogP contribution in [0.2, 0.25) is 0 Å². The number of carbonyl (C=O) groups excluding carboxylic acids is 2. The van der Waals surface area contributed by atoms with E-state index in [9.17, 15) is 19.8 Å². The van der Waals surface area contributed by atoms with Crippen molar-refractivity contribution < 1.29 is 19.8 Å². The van der Waals surface area contributed by atoms with Crippen LogP contribution in [-0.4, -0.2) is 39.2 Å². The maximum absolute atomic E-state index is 12.2. The second kappa shape index (κ2) is 3.43. The zero-order valence-electron chi connectivity index (χ0n) is 9.96. The molecule has 2 aliphatic rings. The van der Waals surface area contributed by atoms with Crippen molar-refractivity contribution in [2.24, 2.45) is 0 Å². The number of ketones is 1. The Kier molecular flexibility index (Phi) is 2.15. The van der Waals surface area contributed by atoms with E-state index in [2.05, 4.69) is 11.9 Å². The highest BCUT2D eigenvalue weighted by atomic mass is 16.4. The van der Waals surface area contributed by atoms with Crippen LogP contribution in [0.1, 0.15) is 15.9 Å². The summed E-state index contributed by atoms with van der Waals surface area (Å²) in [5, 5.41) is 23.4. The first-order chi connectivity index (χ1) is 8.96. The average molecular weight is 260 g/mol. The Balaban J connectivity index is 2.28. The maximum Gasteiger partial charge on any atom is 0.323 e. The lowest BCUT2D eigenvalue weighted by Gasteiger charge is -2.34. The highest BCUT2D eigenvalue weighted by molar-refractivity contribution is 6.11. The van der Waals surface area contributed by atoms with Gasteiger partial charge in [0.15, 0.2) is 0 Å². The van der Waals surface area contributed by atoms with E-state index in [1.165, 1.54) is 18.2 Å². The number of nitrogens with zero attached hydrogens (tertiary/aromatic N) is 1. The molecule has 1 aliphatic carbocycles. The monoisotopic (exact) mass is 260 g/mol. The standard InChI is InChI=1S/C13H12N2O4/c1-2-7-15-11(17)14-12(18)10(16)8-5-3-4-6-9(8)13(12,15)19/h2-6,18-19H,1,7H2,(H,14,17)/t12-,13-/m0/s1. The van der Waals surface area contributed by atoms with E-state index in [1.807, 2.05) is 0 Å². The summed E-state index contributed by atoms with van der Waals surface area (Å²) in [5.41, 5.74) is -4.05. The van der Waals surface area contributed by atoms with Gasteiger partial charge in [0, 0.05) is 17.7 Å². The highest BCUT2D eigenvalue weighted by Gasteiger charge is 2.71. The quantitative estimate of drug-likeness (QED) is 0.649. The minimum Gasteiger partial charge on any atom is -0.362 e. The predicted molar refractivity (Wildman–Crippen MR) is 65.1 cm³/mol. The smallest absolute Gasteiger partial charge is 0.323 e. The molecule has 0 bridgehead atoms. The molecule has 2 atom stereocenters. The Morgan fingerprint density at radius 2 is 2.00 bits per heavy atom. The fraction of sp³-hybridized carbons (Fsp3) is 0.231. The normalized spacial score (nSPS) is 32.0. The summed E-state index contributed by atoms with van der Waals surface area (Å²) in [6.45, 7) is 3.51. The highest BCUT2D eigenvalue weighted by Crippen LogP contribution is 2.48. The van der Waals surface area contributed by atoms with Crippen LogP contribution in [0.3, 0.4) is 0 Å². The second-order valence-corrected chi connectivity index (χ2v) is 4.59. The molecule has 2 amide bonds. The zero-order chi connectivity index (χ0) is 13.8. The Labute approximate surface area is 109 Å². The van der Waals surface area contributed by atoms with Gasteiger partial charge in [-0.05, 0) is 0 Å². The molecule has 0 radical (unpaired) electrons. The van der Waals surface area contributed by atoms with Crippen molar-refractivity contribution >= 4 is 11.8 Å². The average Bonchev–Trinajstić information content (AvgIpc) is 2.69. The van der Waals surface area contributed by atoms with Gasteiger partial charge in [-0.25, -0.2) is 4.79 Å². The Morgan fingerprint density at radius 3 is 2.68 bits per heavy atom. The molecule has 1 aromatic rings. The van der Waals surface area contributed by atoms with E-state index in [1.54, 1.807) is 12.1 Å². The van der Waals surface area contributed by atoms with E-state index >= 15 is 0 Å². The fourth-order valence-corrected chi connectivity index (χ4v) is 2.73. The van der Waals surface area contributed by atoms with Crippen molar-refractivity contribution in [3.8, 4) is 0 Å². The lowest BCUT2D eigenvalue weighted by Crippen LogP contribution is -2.59. The van der Waals surface area contributed by atoms with Gasteiger partial charge >= 0.3 is 6.03 Å². The molecule has 0 saturated carbocycles. The first kappa shape index (κ1) is 11.9. The number of aliphatic hydroxyl groups is 2. The second-order valence-electron chi connectivity index (χ2n) is 4.59. The van der Waals surface area contributed by atoms with Crippen LogP contribution < -0.4 is 5.32 Å². The van der Waals surface area contributed by atoms with Gasteiger partial charge in [0.25, 0.3) is 5.72 Å². The summed E-state index contributed by atoms with van der Waals surface area (Å²) in [6.07, 6.45) is 1.41.